The molecule has 39 heavy (non-hydrogen) atoms. The van der Waals surface area contributed by atoms with Crippen molar-refractivity contribution in [1.29, 1.82) is 0 Å². The van der Waals surface area contributed by atoms with Gasteiger partial charge in [-0.3, -0.25) is 24.0 Å². The van der Waals surface area contributed by atoms with Crippen molar-refractivity contribution in [3.8, 4) is 11.1 Å². The Morgan fingerprint density at radius 2 is 1.56 bits per heavy atom. The highest BCUT2D eigenvalue weighted by Crippen LogP contribution is 2.47. The maximum Gasteiger partial charge on any atom is 0.289 e. The molecule has 0 spiro atoms. The molecule has 2 aliphatic rings. The highest BCUT2D eigenvalue weighted by molar-refractivity contribution is 6.38. The Morgan fingerprint density at radius 1 is 0.974 bits per heavy atom. The van der Waals surface area contributed by atoms with E-state index in [2.05, 4.69) is 21.3 Å². The van der Waals surface area contributed by atoms with Gasteiger partial charge < -0.3 is 26.4 Å². The number of fused-ring (bicyclic) bond motifs is 3. The number of Topliss-reactive ketones (excluding diaryl/α,β-unsaturated/α-hetero) is 1. The van der Waals surface area contributed by atoms with Crippen molar-refractivity contribution in [2.45, 2.75) is 50.8 Å². The molecule has 0 aromatic heterocycles. The van der Waals surface area contributed by atoms with Crippen LogP contribution >= 0.6 is 0 Å². The highest BCUT2D eigenvalue weighted by atomic mass is 16.3. The number of amides is 4. The van der Waals surface area contributed by atoms with Gasteiger partial charge in [0.2, 0.25) is 17.6 Å². The molecule has 1 fully saturated rings. The molecule has 5 N–H and O–H groups in total. The fourth-order valence-electron chi connectivity index (χ4n) is 5.36. The van der Waals surface area contributed by atoms with Gasteiger partial charge in [0.25, 0.3) is 11.8 Å². The van der Waals surface area contributed by atoms with Crippen LogP contribution in [0.25, 0.3) is 11.1 Å². The predicted molar refractivity (Wildman–Crippen MR) is 143 cm³/mol. The van der Waals surface area contributed by atoms with Crippen molar-refractivity contribution in [2.24, 2.45) is 11.8 Å². The second-order valence-electron chi connectivity index (χ2n) is 10.5. The van der Waals surface area contributed by atoms with Crippen LogP contribution in [0.1, 0.15) is 44.2 Å². The second-order valence-corrected chi connectivity index (χ2v) is 10.5. The normalized spacial score (nSPS) is 18.4. The summed E-state index contributed by atoms with van der Waals surface area (Å²) >= 11 is 0. The fraction of sp³-hybridized carbons (Fsp3) is 0.414. The monoisotopic (exact) mass is 534 g/mol. The van der Waals surface area contributed by atoms with Crippen LogP contribution in [0.3, 0.4) is 0 Å². The van der Waals surface area contributed by atoms with Gasteiger partial charge in [0, 0.05) is 30.6 Å². The Morgan fingerprint density at radius 3 is 2.08 bits per heavy atom. The minimum absolute atomic E-state index is 0.0347. The SMILES string of the molecule is CNC(=O)C(=O)[C@H](C[C@@H]1CCNC1=O)NC(=O)[C@H](CC(C)C)NC(=O)C1(O)c2ccccc2-c2ccccc21. The van der Waals surface area contributed by atoms with Crippen molar-refractivity contribution in [1.82, 2.24) is 21.3 Å². The van der Waals surface area contributed by atoms with E-state index in [0.29, 0.717) is 24.1 Å². The zero-order chi connectivity index (χ0) is 28.3. The van der Waals surface area contributed by atoms with Gasteiger partial charge >= 0.3 is 0 Å². The van der Waals surface area contributed by atoms with Crippen LogP contribution in [-0.4, -0.2) is 60.2 Å². The van der Waals surface area contributed by atoms with Crippen molar-refractivity contribution in [3.63, 3.8) is 0 Å². The maximum absolute atomic E-state index is 13.8. The van der Waals surface area contributed by atoms with E-state index in [4.69, 9.17) is 0 Å². The molecule has 0 bridgehead atoms. The summed E-state index contributed by atoms with van der Waals surface area (Å²) in [4.78, 5) is 64.4. The van der Waals surface area contributed by atoms with Crippen molar-refractivity contribution in [3.05, 3.63) is 59.7 Å². The smallest absolute Gasteiger partial charge is 0.289 e. The molecule has 1 aliphatic carbocycles. The van der Waals surface area contributed by atoms with E-state index in [1.54, 1.807) is 24.3 Å². The Hall–Kier alpha value is -4.05. The molecule has 0 unspecified atom stereocenters. The lowest BCUT2D eigenvalue weighted by atomic mass is 9.89. The fourth-order valence-corrected chi connectivity index (χ4v) is 5.36. The van der Waals surface area contributed by atoms with Crippen LogP contribution < -0.4 is 21.3 Å². The number of hydrogen-bond acceptors (Lipinski definition) is 6. The summed E-state index contributed by atoms with van der Waals surface area (Å²) in [6, 6.07) is 11.7. The summed E-state index contributed by atoms with van der Waals surface area (Å²) in [7, 11) is 1.31. The van der Waals surface area contributed by atoms with Gasteiger partial charge in [-0.25, -0.2) is 0 Å². The number of carbonyl (C=O) groups excluding carboxylic acids is 5. The van der Waals surface area contributed by atoms with Crippen LogP contribution in [0.5, 0.6) is 0 Å². The summed E-state index contributed by atoms with van der Waals surface area (Å²) in [6.07, 6.45) is 0.642. The van der Waals surface area contributed by atoms with Crippen molar-refractivity contribution < 1.29 is 29.1 Å². The van der Waals surface area contributed by atoms with E-state index in [0.717, 1.165) is 11.1 Å². The molecule has 4 amide bonds. The lowest BCUT2D eigenvalue weighted by molar-refractivity contribution is -0.142. The number of likely N-dealkylation sites (N-methyl/N-ethyl adjacent to an activating group) is 1. The third-order valence-electron chi connectivity index (χ3n) is 7.35. The van der Waals surface area contributed by atoms with Crippen LogP contribution in [-0.2, 0) is 29.6 Å². The van der Waals surface area contributed by atoms with Gasteiger partial charge in [-0.2, -0.15) is 0 Å². The number of aliphatic hydroxyl groups is 1. The lowest BCUT2D eigenvalue weighted by Gasteiger charge is -2.29. The lowest BCUT2D eigenvalue weighted by Crippen LogP contribution is -2.57. The number of ketones is 1. The average Bonchev–Trinajstić information content (AvgIpc) is 3.45. The zero-order valence-corrected chi connectivity index (χ0v) is 22.2. The molecular weight excluding hydrogens is 500 g/mol. The number of rotatable bonds is 10. The number of benzene rings is 2. The molecule has 3 atom stereocenters. The quantitative estimate of drug-likeness (QED) is 0.284. The van der Waals surface area contributed by atoms with Crippen LogP contribution in [0.4, 0.5) is 0 Å². The van der Waals surface area contributed by atoms with E-state index >= 15 is 0 Å². The third-order valence-corrected chi connectivity index (χ3v) is 7.35. The van der Waals surface area contributed by atoms with E-state index in [-0.39, 0.29) is 24.7 Å². The Bertz CT molecular complexity index is 1260. The largest absolute Gasteiger partial charge is 0.372 e. The second kappa shape index (κ2) is 11.4. The molecule has 2 aromatic carbocycles. The number of nitrogens with one attached hydrogen (secondary N) is 4. The Kier molecular flexibility index (Phi) is 8.15. The molecule has 10 heteroatoms. The summed E-state index contributed by atoms with van der Waals surface area (Å²) in [6.45, 7) is 4.20. The molecule has 1 aliphatic heterocycles. The summed E-state index contributed by atoms with van der Waals surface area (Å²) < 4.78 is 0. The van der Waals surface area contributed by atoms with Crippen LogP contribution in [0.15, 0.2) is 48.5 Å². The van der Waals surface area contributed by atoms with Crippen molar-refractivity contribution >= 4 is 29.4 Å². The van der Waals surface area contributed by atoms with Gasteiger partial charge in [0.1, 0.15) is 6.04 Å². The van der Waals surface area contributed by atoms with Crippen LogP contribution in [0, 0.1) is 11.8 Å². The molecule has 0 radical (unpaired) electrons. The topological polar surface area (TPSA) is 154 Å². The Balaban J connectivity index is 1.60. The molecule has 1 saturated heterocycles. The third kappa shape index (κ3) is 5.42. The van der Waals surface area contributed by atoms with E-state index in [1.165, 1.54) is 7.05 Å². The first-order valence-corrected chi connectivity index (χ1v) is 13.1. The van der Waals surface area contributed by atoms with E-state index < -0.39 is 47.1 Å². The molecule has 206 valence electrons. The van der Waals surface area contributed by atoms with E-state index in [9.17, 15) is 29.1 Å². The average molecular weight is 535 g/mol. The first kappa shape index (κ1) is 28.0. The molecule has 1 heterocycles. The van der Waals surface area contributed by atoms with Gasteiger partial charge in [0.15, 0.2) is 5.60 Å². The molecule has 2 aromatic rings. The molecular formula is C29H34N4O6. The first-order chi connectivity index (χ1) is 18.6. The molecule has 0 saturated carbocycles. The van der Waals surface area contributed by atoms with Crippen LogP contribution in [0.2, 0.25) is 0 Å². The van der Waals surface area contributed by atoms with Gasteiger partial charge in [0.05, 0.1) is 6.04 Å². The number of carbonyl (C=O) groups is 5. The van der Waals surface area contributed by atoms with Crippen molar-refractivity contribution in [2.75, 3.05) is 13.6 Å². The molecule has 4 rings (SSSR count). The van der Waals surface area contributed by atoms with Gasteiger partial charge in [-0.1, -0.05) is 62.4 Å². The summed E-state index contributed by atoms with van der Waals surface area (Å²) in [5, 5.41) is 22.1. The van der Waals surface area contributed by atoms with Gasteiger partial charge in [-0.05, 0) is 36.3 Å². The standard InChI is InChI=1S/C29H34N4O6/c1-16(2)14-23(26(36)32-22(24(34)27(37)30-3)15-17-12-13-31-25(17)35)33-28(38)29(39)20-10-6-4-8-18(20)19-9-5-7-11-21(19)29/h4-11,16-17,22-23,39H,12-15H2,1-3H3,(H,30,37)(H,31,35)(H,32,36)(H,33,38)/t17-,22-,23-/m0/s1. The number of hydrogen-bond donors (Lipinski definition) is 5. The summed E-state index contributed by atoms with van der Waals surface area (Å²) in [5.41, 5.74) is 0.241. The highest BCUT2D eigenvalue weighted by Gasteiger charge is 2.48. The minimum atomic E-state index is -2.03. The minimum Gasteiger partial charge on any atom is -0.372 e. The first-order valence-electron chi connectivity index (χ1n) is 13.1. The van der Waals surface area contributed by atoms with Gasteiger partial charge in [-0.15, -0.1) is 0 Å². The predicted octanol–water partition coefficient (Wildman–Crippen LogP) is 0.760. The Labute approximate surface area is 226 Å². The summed E-state index contributed by atoms with van der Waals surface area (Å²) in [5.74, 6) is -4.03. The zero-order valence-electron chi connectivity index (χ0n) is 22.2. The maximum atomic E-state index is 13.8. The van der Waals surface area contributed by atoms with E-state index in [1.807, 2.05) is 38.1 Å². The molecule has 10 nitrogen and oxygen atoms in total.